The average molecular weight is 686 g/mol. The molecule has 2 atom stereocenters. The Labute approximate surface area is 271 Å². The predicted molar refractivity (Wildman–Crippen MR) is 164 cm³/mol. The number of hydrogen-bond acceptors (Lipinski definition) is 10. The number of aromatic nitrogens is 4. The van der Waals surface area contributed by atoms with E-state index in [2.05, 4.69) is 39.8 Å². The van der Waals surface area contributed by atoms with Crippen molar-refractivity contribution in [2.75, 3.05) is 19.5 Å². The summed E-state index contributed by atoms with van der Waals surface area (Å²) < 4.78 is 23.0. The monoisotopic (exact) mass is 684 g/mol. The van der Waals surface area contributed by atoms with E-state index in [4.69, 9.17) is 68.1 Å². The van der Waals surface area contributed by atoms with Crippen LogP contribution in [0.3, 0.4) is 0 Å². The second-order valence-electron chi connectivity index (χ2n) is 9.26. The van der Waals surface area contributed by atoms with Gasteiger partial charge in [0.2, 0.25) is 5.79 Å². The van der Waals surface area contributed by atoms with Crippen molar-refractivity contribution in [1.82, 2.24) is 19.1 Å². The zero-order valence-electron chi connectivity index (χ0n) is 24.1. The van der Waals surface area contributed by atoms with Gasteiger partial charge in [-0.15, -0.1) is 20.2 Å². The van der Waals surface area contributed by atoms with Gasteiger partial charge in [-0.25, -0.2) is 9.97 Å². The predicted octanol–water partition coefficient (Wildman–Crippen LogP) is 5.84. The molecule has 1 aliphatic heterocycles. The summed E-state index contributed by atoms with van der Waals surface area (Å²) in [4.78, 5) is 25.4. The van der Waals surface area contributed by atoms with Gasteiger partial charge in [0.15, 0.2) is 5.16 Å². The SMILES string of the molecule is CCCn1c(-c2ccc(OCC3COC(Cn4ccnc4)(c4ccc(Cl)cc4Cl)O3)cc2)cnc1SC.O=[N+]([O-])O.O=[N+]([O-])O. The van der Waals surface area contributed by atoms with Crippen molar-refractivity contribution in [3.05, 3.63) is 103 Å². The molecule has 15 nitrogen and oxygen atoms in total. The smallest absolute Gasteiger partial charge is 0.291 e. The van der Waals surface area contributed by atoms with Gasteiger partial charge < -0.3 is 33.8 Å². The second-order valence-corrected chi connectivity index (χ2v) is 10.9. The average Bonchev–Trinajstić information content (AvgIpc) is 3.73. The van der Waals surface area contributed by atoms with Gasteiger partial charge in [0.1, 0.15) is 18.5 Å². The third kappa shape index (κ3) is 10.2. The number of benzene rings is 2. The summed E-state index contributed by atoms with van der Waals surface area (Å²) in [6, 6.07) is 13.4. The maximum absolute atomic E-state index is 8.36. The van der Waals surface area contributed by atoms with Crippen LogP contribution in [-0.4, -0.2) is 65.3 Å². The molecule has 4 aromatic rings. The molecule has 0 radical (unpaired) electrons. The third-order valence-corrected chi connectivity index (χ3v) is 7.42. The quantitative estimate of drug-likeness (QED) is 0.115. The summed E-state index contributed by atoms with van der Waals surface area (Å²) in [6.07, 6.45) is 10.0. The second kappa shape index (κ2) is 16.8. The number of ether oxygens (including phenoxy) is 3. The van der Waals surface area contributed by atoms with E-state index in [9.17, 15) is 0 Å². The fourth-order valence-electron chi connectivity index (χ4n) is 4.48. The number of rotatable bonds is 10. The largest absolute Gasteiger partial charge is 0.491 e. The van der Waals surface area contributed by atoms with E-state index in [0.717, 1.165) is 35.1 Å². The van der Waals surface area contributed by atoms with Crippen molar-refractivity contribution in [2.45, 2.75) is 43.5 Å². The minimum absolute atomic E-state index is 0.287. The minimum Gasteiger partial charge on any atom is -0.491 e. The van der Waals surface area contributed by atoms with Crippen LogP contribution in [0.15, 0.2) is 72.5 Å². The molecular weight excluding hydrogens is 655 g/mol. The first kappa shape index (κ1) is 35.4. The van der Waals surface area contributed by atoms with E-state index in [-0.39, 0.29) is 6.10 Å². The summed E-state index contributed by atoms with van der Waals surface area (Å²) >= 11 is 14.4. The molecule has 2 aromatic carbocycles. The molecule has 2 N–H and O–H groups in total. The summed E-state index contributed by atoms with van der Waals surface area (Å²) in [7, 11) is 0. The lowest BCUT2D eigenvalue weighted by Crippen LogP contribution is -2.34. The first-order valence-corrected chi connectivity index (χ1v) is 15.2. The van der Waals surface area contributed by atoms with E-state index in [1.165, 1.54) is 0 Å². The Hall–Kier alpha value is -4.09. The Morgan fingerprint density at radius 1 is 1.16 bits per heavy atom. The van der Waals surface area contributed by atoms with Crippen LogP contribution in [0.25, 0.3) is 11.3 Å². The molecular formula is C27H30Cl2N6O9S. The van der Waals surface area contributed by atoms with Gasteiger partial charge >= 0.3 is 0 Å². The molecule has 5 rings (SSSR count). The van der Waals surface area contributed by atoms with Crippen LogP contribution >= 0.6 is 35.0 Å². The van der Waals surface area contributed by atoms with Crippen LogP contribution in [0.1, 0.15) is 18.9 Å². The Balaban J connectivity index is 0.000000619. The van der Waals surface area contributed by atoms with E-state index >= 15 is 0 Å². The molecule has 1 fully saturated rings. The highest BCUT2D eigenvalue weighted by atomic mass is 35.5. The Bertz CT molecular complexity index is 1520. The normalized spacial score (nSPS) is 17.0. The molecule has 0 bridgehead atoms. The maximum atomic E-state index is 8.36. The van der Waals surface area contributed by atoms with E-state index in [0.29, 0.717) is 35.4 Å². The Morgan fingerprint density at radius 2 is 1.84 bits per heavy atom. The van der Waals surface area contributed by atoms with Crippen molar-refractivity contribution >= 4 is 35.0 Å². The van der Waals surface area contributed by atoms with Crippen LogP contribution in [0.4, 0.5) is 0 Å². The summed E-state index contributed by atoms with van der Waals surface area (Å²) in [5.74, 6) is -0.317. The van der Waals surface area contributed by atoms with Crippen LogP contribution < -0.4 is 4.74 Å². The lowest BCUT2D eigenvalue weighted by molar-refractivity contribution is -0.742. The molecule has 1 aliphatic rings. The molecule has 2 unspecified atom stereocenters. The molecule has 3 heterocycles. The first-order chi connectivity index (χ1) is 21.5. The number of nitrogens with zero attached hydrogens (tertiary/aromatic N) is 6. The number of halogens is 2. The summed E-state index contributed by atoms with van der Waals surface area (Å²) in [5, 5.41) is 29.3. The van der Waals surface area contributed by atoms with E-state index < -0.39 is 16.0 Å². The van der Waals surface area contributed by atoms with Gasteiger partial charge in [-0.1, -0.05) is 48.0 Å². The fourth-order valence-corrected chi connectivity index (χ4v) is 5.60. The van der Waals surface area contributed by atoms with Gasteiger partial charge in [-0.3, -0.25) is 0 Å². The van der Waals surface area contributed by atoms with Gasteiger partial charge in [-0.05, 0) is 49.1 Å². The highest BCUT2D eigenvalue weighted by molar-refractivity contribution is 7.98. The van der Waals surface area contributed by atoms with Crippen molar-refractivity contribution in [1.29, 1.82) is 0 Å². The molecule has 0 spiro atoms. The first-order valence-electron chi connectivity index (χ1n) is 13.2. The van der Waals surface area contributed by atoms with Crippen LogP contribution in [0.2, 0.25) is 10.0 Å². The molecule has 45 heavy (non-hydrogen) atoms. The molecule has 0 aliphatic carbocycles. The molecule has 0 saturated carbocycles. The van der Waals surface area contributed by atoms with Crippen LogP contribution in [0, 0.1) is 20.2 Å². The Kier molecular flexibility index (Phi) is 13.2. The van der Waals surface area contributed by atoms with E-state index in [1.54, 1.807) is 36.4 Å². The van der Waals surface area contributed by atoms with Gasteiger partial charge in [0, 0.05) is 35.1 Å². The summed E-state index contributed by atoms with van der Waals surface area (Å²) in [5.41, 5.74) is 2.92. The number of hydrogen-bond donors (Lipinski definition) is 2. The van der Waals surface area contributed by atoms with Crippen LogP contribution in [-0.2, 0) is 28.4 Å². The van der Waals surface area contributed by atoms with E-state index in [1.807, 2.05) is 35.2 Å². The highest BCUT2D eigenvalue weighted by Crippen LogP contribution is 2.40. The van der Waals surface area contributed by atoms with Crippen LogP contribution in [0.5, 0.6) is 5.75 Å². The fraction of sp³-hybridized carbons (Fsp3) is 0.333. The summed E-state index contributed by atoms with van der Waals surface area (Å²) in [6.45, 7) is 4.19. The third-order valence-electron chi connectivity index (χ3n) is 6.19. The number of thioether (sulfide) groups is 1. The molecule has 18 heteroatoms. The Morgan fingerprint density at radius 3 is 2.42 bits per heavy atom. The molecule has 2 aromatic heterocycles. The minimum atomic E-state index is -1.50. The molecule has 1 saturated heterocycles. The molecule has 0 amide bonds. The highest BCUT2D eigenvalue weighted by Gasteiger charge is 2.45. The zero-order chi connectivity index (χ0) is 33.0. The molecule has 242 valence electrons. The maximum Gasteiger partial charge on any atom is 0.291 e. The standard InChI is InChI=1S/C27H28Cl2N4O3S.2HNO3/c1-3-11-33-25(14-31-26(33)37-2)19-4-7-21(8-5-19)34-15-22-16-35-27(36-22,17-32-12-10-30-18-32)23-9-6-20(28)13-24(23)29;2*2-1(3)4/h4-10,12-14,18,22H,3,11,15-17H2,1-2H3;2*(H,2,3,4). The van der Waals surface area contributed by atoms with Gasteiger partial charge in [0.25, 0.3) is 10.2 Å². The van der Waals surface area contributed by atoms with Crippen molar-refractivity contribution in [2.24, 2.45) is 0 Å². The van der Waals surface area contributed by atoms with Gasteiger partial charge in [-0.2, -0.15) is 0 Å². The zero-order valence-corrected chi connectivity index (χ0v) is 26.4. The lowest BCUT2D eigenvalue weighted by Gasteiger charge is -2.30. The van der Waals surface area contributed by atoms with Crippen molar-refractivity contribution in [3.63, 3.8) is 0 Å². The lowest BCUT2D eigenvalue weighted by atomic mass is 10.1. The van der Waals surface area contributed by atoms with Gasteiger partial charge in [0.05, 0.1) is 36.4 Å². The topological polar surface area (TPSA) is 190 Å². The van der Waals surface area contributed by atoms with Crippen molar-refractivity contribution in [3.8, 4) is 17.0 Å². The van der Waals surface area contributed by atoms with Crippen molar-refractivity contribution < 1.29 is 34.8 Å². The number of imidazole rings is 2.